The lowest BCUT2D eigenvalue weighted by molar-refractivity contribution is 0.479. The van der Waals surface area contributed by atoms with Gasteiger partial charge in [0.05, 0.1) is 0 Å². The average molecular weight is 139 g/mol. The molecule has 1 aliphatic heterocycles. The Morgan fingerprint density at radius 3 is 2.30 bits per heavy atom. The molecule has 1 saturated heterocycles. The van der Waals surface area contributed by atoms with Gasteiger partial charge < -0.3 is 5.32 Å². The molecule has 10 heavy (non-hydrogen) atoms. The molecule has 1 heteroatoms. The van der Waals surface area contributed by atoms with Gasteiger partial charge in [-0.05, 0) is 43.7 Å². The molecule has 0 bridgehead atoms. The molecule has 58 valence electrons. The van der Waals surface area contributed by atoms with Crippen LogP contribution in [0.15, 0.2) is 0 Å². The number of rotatable bonds is 1. The Labute approximate surface area is 63.2 Å². The first kappa shape index (κ1) is 6.66. The second-order valence-corrected chi connectivity index (χ2v) is 3.92. The van der Waals surface area contributed by atoms with Gasteiger partial charge in [-0.15, -0.1) is 0 Å². The molecule has 1 N–H and O–H groups in total. The third kappa shape index (κ3) is 0.968. The number of fused-ring (bicyclic) bond motifs is 1. The van der Waals surface area contributed by atoms with Gasteiger partial charge in [0.1, 0.15) is 0 Å². The molecule has 0 aromatic rings. The number of hydrogen-bond acceptors (Lipinski definition) is 1. The van der Waals surface area contributed by atoms with Gasteiger partial charge >= 0.3 is 0 Å². The summed E-state index contributed by atoms with van der Waals surface area (Å²) in [5, 5.41) is 3.47. The van der Waals surface area contributed by atoms with E-state index < -0.39 is 0 Å². The van der Waals surface area contributed by atoms with E-state index in [4.69, 9.17) is 0 Å². The molecule has 2 fully saturated rings. The molecule has 0 amide bonds. The maximum atomic E-state index is 3.47. The van der Waals surface area contributed by atoms with Crippen molar-refractivity contribution in [2.45, 2.75) is 26.2 Å². The molecule has 0 radical (unpaired) electrons. The largest absolute Gasteiger partial charge is 0.316 e. The van der Waals surface area contributed by atoms with Crippen LogP contribution in [0.3, 0.4) is 0 Å². The summed E-state index contributed by atoms with van der Waals surface area (Å²) < 4.78 is 0. The van der Waals surface area contributed by atoms with Crippen molar-refractivity contribution in [3.05, 3.63) is 0 Å². The highest BCUT2D eigenvalue weighted by Crippen LogP contribution is 2.39. The minimum atomic E-state index is 1.05. The van der Waals surface area contributed by atoms with Crippen LogP contribution >= 0.6 is 0 Å². The lowest BCUT2D eigenvalue weighted by Crippen LogP contribution is -2.11. The standard InChI is InChI=1S/C9H17N/c1-2-7-3-8-5-10-6-9(8)4-7/h7-10H,2-6H2,1H3/t8-,9-/m1/s1. The predicted molar refractivity (Wildman–Crippen MR) is 42.9 cm³/mol. The van der Waals surface area contributed by atoms with Crippen LogP contribution in [-0.4, -0.2) is 13.1 Å². The van der Waals surface area contributed by atoms with E-state index in [9.17, 15) is 0 Å². The molecule has 0 aromatic carbocycles. The van der Waals surface area contributed by atoms with E-state index in [0.717, 1.165) is 17.8 Å². The van der Waals surface area contributed by atoms with Crippen molar-refractivity contribution in [1.82, 2.24) is 5.32 Å². The van der Waals surface area contributed by atoms with Crippen LogP contribution in [0, 0.1) is 17.8 Å². The van der Waals surface area contributed by atoms with Crippen molar-refractivity contribution in [2.24, 2.45) is 17.8 Å². The fraction of sp³-hybridized carbons (Fsp3) is 1.00. The van der Waals surface area contributed by atoms with Gasteiger partial charge in [-0.25, -0.2) is 0 Å². The van der Waals surface area contributed by atoms with Gasteiger partial charge in [0.25, 0.3) is 0 Å². The van der Waals surface area contributed by atoms with E-state index in [-0.39, 0.29) is 0 Å². The highest BCUT2D eigenvalue weighted by atomic mass is 14.9. The van der Waals surface area contributed by atoms with Crippen LogP contribution in [0.5, 0.6) is 0 Å². The highest BCUT2D eigenvalue weighted by molar-refractivity contribution is 4.89. The van der Waals surface area contributed by atoms with Gasteiger partial charge in [-0.2, -0.15) is 0 Å². The molecule has 2 aliphatic rings. The van der Waals surface area contributed by atoms with E-state index in [1.54, 1.807) is 0 Å². The number of nitrogens with one attached hydrogen (secondary N) is 1. The zero-order valence-corrected chi connectivity index (χ0v) is 6.77. The monoisotopic (exact) mass is 139 g/mol. The molecule has 0 unspecified atom stereocenters. The maximum absolute atomic E-state index is 3.47. The Morgan fingerprint density at radius 1 is 1.20 bits per heavy atom. The van der Waals surface area contributed by atoms with Crippen LogP contribution < -0.4 is 5.32 Å². The minimum Gasteiger partial charge on any atom is -0.316 e. The Morgan fingerprint density at radius 2 is 1.80 bits per heavy atom. The van der Waals surface area contributed by atoms with E-state index in [1.165, 1.54) is 32.4 Å². The van der Waals surface area contributed by atoms with Gasteiger partial charge in [0, 0.05) is 0 Å². The summed E-state index contributed by atoms with van der Waals surface area (Å²) in [5.74, 6) is 3.16. The molecule has 1 nitrogen and oxygen atoms in total. The highest BCUT2D eigenvalue weighted by Gasteiger charge is 2.35. The summed E-state index contributed by atoms with van der Waals surface area (Å²) in [4.78, 5) is 0. The van der Waals surface area contributed by atoms with E-state index >= 15 is 0 Å². The van der Waals surface area contributed by atoms with Gasteiger partial charge in [0.2, 0.25) is 0 Å². The molecule has 2 rings (SSSR count). The molecule has 1 saturated carbocycles. The second-order valence-electron chi connectivity index (χ2n) is 3.92. The van der Waals surface area contributed by atoms with Crippen molar-refractivity contribution >= 4 is 0 Å². The van der Waals surface area contributed by atoms with Crippen molar-refractivity contribution < 1.29 is 0 Å². The van der Waals surface area contributed by atoms with Crippen molar-refractivity contribution in [3.8, 4) is 0 Å². The summed E-state index contributed by atoms with van der Waals surface area (Å²) in [5.41, 5.74) is 0. The molecular formula is C9H17N. The molecule has 0 aromatic heterocycles. The van der Waals surface area contributed by atoms with Crippen LogP contribution in [0.1, 0.15) is 26.2 Å². The van der Waals surface area contributed by atoms with Crippen molar-refractivity contribution in [1.29, 1.82) is 0 Å². The lowest BCUT2D eigenvalue weighted by atomic mass is 10.0. The summed E-state index contributed by atoms with van der Waals surface area (Å²) in [6.07, 6.45) is 4.43. The number of hydrogen-bond donors (Lipinski definition) is 1. The topological polar surface area (TPSA) is 12.0 Å². The van der Waals surface area contributed by atoms with Crippen molar-refractivity contribution in [2.75, 3.05) is 13.1 Å². The Balaban J connectivity index is 1.94. The van der Waals surface area contributed by atoms with E-state index in [2.05, 4.69) is 12.2 Å². The summed E-state index contributed by atoms with van der Waals surface area (Å²) in [6.45, 7) is 4.95. The third-order valence-corrected chi connectivity index (χ3v) is 3.33. The zero-order valence-electron chi connectivity index (χ0n) is 6.77. The molecule has 0 spiro atoms. The third-order valence-electron chi connectivity index (χ3n) is 3.33. The van der Waals surface area contributed by atoms with E-state index in [0.29, 0.717) is 0 Å². The quantitative estimate of drug-likeness (QED) is 0.582. The zero-order chi connectivity index (χ0) is 6.97. The van der Waals surface area contributed by atoms with Crippen molar-refractivity contribution in [3.63, 3.8) is 0 Å². The Kier molecular flexibility index (Phi) is 1.69. The van der Waals surface area contributed by atoms with Gasteiger partial charge in [-0.1, -0.05) is 13.3 Å². The Bertz CT molecular complexity index is 110. The average Bonchev–Trinajstić information content (AvgIpc) is 2.42. The normalized spacial score (nSPS) is 40.5. The fourth-order valence-electron chi connectivity index (χ4n) is 2.62. The lowest BCUT2D eigenvalue weighted by Gasteiger charge is -2.05. The molecule has 1 heterocycles. The van der Waals surface area contributed by atoms with Crippen LogP contribution in [0.25, 0.3) is 0 Å². The van der Waals surface area contributed by atoms with Crippen LogP contribution in [0.4, 0.5) is 0 Å². The van der Waals surface area contributed by atoms with Gasteiger partial charge in [-0.3, -0.25) is 0 Å². The minimum absolute atomic E-state index is 1.05. The first-order valence-corrected chi connectivity index (χ1v) is 4.61. The first-order chi connectivity index (χ1) is 4.90. The maximum Gasteiger partial charge on any atom is -0.00172 e. The smallest absolute Gasteiger partial charge is 0.00172 e. The van der Waals surface area contributed by atoms with Gasteiger partial charge in [0.15, 0.2) is 0 Å². The molecule has 1 aliphatic carbocycles. The second kappa shape index (κ2) is 2.54. The summed E-state index contributed by atoms with van der Waals surface area (Å²) in [6, 6.07) is 0. The SMILES string of the molecule is CCC1C[C@@H]2CNC[C@H]2C1. The van der Waals surface area contributed by atoms with E-state index in [1.807, 2.05) is 0 Å². The molecule has 2 atom stereocenters. The fourth-order valence-corrected chi connectivity index (χ4v) is 2.62. The Hall–Kier alpha value is -0.0400. The first-order valence-electron chi connectivity index (χ1n) is 4.61. The van der Waals surface area contributed by atoms with Crippen LogP contribution in [0.2, 0.25) is 0 Å². The summed E-state index contributed by atoms with van der Waals surface area (Å²) in [7, 11) is 0. The summed E-state index contributed by atoms with van der Waals surface area (Å²) >= 11 is 0. The molecular weight excluding hydrogens is 122 g/mol. The predicted octanol–water partition coefficient (Wildman–Crippen LogP) is 1.64. The van der Waals surface area contributed by atoms with Crippen LogP contribution in [-0.2, 0) is 0 Å².